The van der Waals surface area contributed by atoms with Crippen LogP contribution in [-0.4, -0.2) is 46.4 Å². The molecule has 200 valence electrons. The average Bonchev–Trinajstić information content (AvgIpc) is 3.56. The van der Waals surface area contributed by atoms with Crippen LogP contribution in [0.5, 0.6) is 5.75 Å². The van der Waals surface area contributed by atoms with E-state index in [2.05, 4.69) is 59.2 Å². The average molecular weight is 642 g/mol. The second kappa shape index (κ2) is 12.3. The molecule has 5 rings (SSSR count). The van der Waals surface area contributed by atoms with Gasteiger partial charge in [-0.25, -0.2) is 0 Å². The minimum Gasteiger partial charge on any atom is -0.159 e. The molecule has 0 N–H and O–H groups in total. The van der Waals surface area contributed by atoms with E-state index in [1.807, 2.05) is 18.2 Å². The van der Waals surface area contributed by atoms with Crippen LogP contribution < -0.4 is 25.9 Å². The second-order valence-electron chi connectivity index (χ2n) is 10.1. The van der Waals surface area contributed by atoms with Gasteiger partial charge < -0.3 is 0 Å². The molecule has 0 spiro atoms. The molecule has 0 saturated heterocycles. The molecule has 2 heterocycles. The Morgan fingerprint density at radius 2 is 2.03 bits per heavy atom. The van der Waals surface area contributed by atoms with Gasteiger partial charge in [0, 0.05) is 12.8 Å². The Hall–Kier alpha value is -2.21. The topological polar surface area (TPSA) is 49.5 Å². The summed E-state index contributed by atoms with van der Waals surface area (Å²) in [7, 11) is 0. The maximum absolute atomic E-state index is 6.45. The molecular formula is C31H35ClIN4O-. The largest absolute Gasteiger partial charge is 0.159 e. The van der Waals surface area contributed by atoms with Crippen LogP contribution in [0.3, 0.4) is 0 Å². The molecule has 2 aromatic carbocycles. The molecule has 7 heteroatoms. The molecule has 2 aliphatic heterocycles. The Bertz CT molecular complexity index is 1310. The fraction of sp³-hybridized carbons (Fsp3) is 0.452. The van der Waals surface area contributed by atoms with Crippen molar-refractivity contribution in [3.63, 3.8) is 0 Å². The van der Waals surface area contributed by atoms with Crippen molar-refractivity contribution >= 4 is 17.3 Å². The number of terminal acetylenes is 1. The Morgan fingerprint density at radius 1 is 1.21 bits per heavy atom. The van der Waals surface area contributed by atoms with Gasteiger partial charge in [0.1, 0.15) is 0 Å². The molecule has 0 aromatic heterocycles. The van der Waals surface area contributed by atoms with E-state index in [9.17, 15) is 0 Å². The molecule has 0 saturated carbocycles. The zero-order valence-electron chi connectivity index (χ0n) is 22.2. The third-order valence-corrected chi connectivity index (χ3v) is 10.6. The number of hydrogen-bond donors (Lipinski definition) is 0. The standard InChI is InChI=1S/C31H35ClIN4O/c1-4-6-14-31(35-36-31)15-17-38-26-12-11-23-18-25(19-24(23)20-26)37-16-13-30(29(21-37)33-5-2)34-22(3)27-9-7-8-10-28(27)32/h1,7-12,20,25H,5-6,13-19,21H2,2-3H3/q-1/t25-/m0/s1. The summed E-state index contributed by atoms with van der Waals surface area (Å²) in [4.78, 5) is 7.81. The quantitative estimate of drug-likeness (QED) is 0.163. The normalized spacial score (nSPS) is 20.5. The number of halogens is 2. The second-order valence-corrected chi connectivity index (χ2v) is 14.1. The van der Waals surface area contributed by atoms with E-state index in [1.165, 1.54) is 21.3 Å². The summed E-state index contributed by atoms with van der Waals surface area (Å²) in [5.41, 5.74) is 5.94. The first kappa shape index (κ1) is 27.4. The predicted molar refractivity (Wildman–Crippen MR) is 151 cm³/mol. The third-order valence-electron chi connectivity index (χ3n) is 7.58. The smallest absolute Gasteiger partial charge is 0.159 e. The molecule has 0 fully saturated rings. The monoisotopic (exact) mass is 641 g/mol. The van der Waals surface area contributed by atoms with Crippen LogP contribution in [0, 0.1) is 12.3 Å². The number of ether oxygens (including phenoxy) is 1. The maximum Gasteiger partial charge on any atom is -0.159 e. The molecule has 0 bridgehead atoms. The van der Waals surface area contributed by atoms with Crippen LogP contribution in [0.25, 0.3) is 0 Å². The molecule has 1 aliphatic carbocycles. The van der Waals surface area contributed by atoms with Gasteiger partial charge in [-0.3, -0.25) is 0 Å². The SMILES string of the molecule is C#CCCC1(CCOc2ccc3c(c2)C[C@@H](N2CCC(N=C(C)c4ccccc4Cl)=C([I-]CC)C2)C3)N=N1. The number of alkyl halides is 1. The summed E-state index contributed by atoms with van der Waals surface area (Å²) < 4.78 is 8.92. The number of hydrogen-bond acceptors (Lipinski definition) is 5. The van der Waals surface area contributed by atoms with Crippen molar-refractivity contribution < 1.29 is 25.9 Å². The van der Waals surface area contributed by atoms with Gasteiger partial charge in [-0.1, -0.05) is 0 Å². The van der Waals surface area contributed by atoms with E-state index in [1.54, 1.807) is 3.58 Å². The zero-order chi connectivity index (χ0) is 26.5. The first-order valence-electron chi connectivity index (χ1n) is 13.5. The summed E-state index contributed by atoms with van der Waals surface area (Å²) in [6.07, 6.45) is 10.9. The van der Waals surface area contributed by atoms with Gasteiger partial charge in [0.25, 0.3) is 0 Å². The van der Waals surface area contributed by atoms with Gasteiger partial charge in [-0.15, -0.1) is 12.3 Å². The van der Waals surface area contributed by atoms with E-state index < -0.39 is 0 Å². The minimum atomic E-state index is -0.288. The summed E-state index contributed by atoms with van der Waals surface area (Å²) in [6.45, 7) is 7.10. The summed E-state index contributed by atoms with van der Waals surface area (Å²) >= 11 is 6.43. The van der Waals surface area contributed by atoms with E-state index in [4.69, 9.17) is 27.8 Å². The Kier molecular flexibility index (Phi) is 8.87. The number of nitrogens with zero attached hydrogens (tertiary/aromatic N) is 4. The van der Waals surface area contributed by atoms with Crippen molar-refractivity contribution in [2.45, 2.75) is 64.1 Å². The zero-order valence-corrected chi connectivity index (χ0v) is 25.1. The van der Waals surface area contributed by atoms with Crippen molar-refractivity contribution in [3.8, 4) is 18.1 Å². The first-order valence-corrected chi connectivity index (χ1v) is 16.5. The molecule has 0 radical (unpaired) electrons. The molecule has 5 nitrogen and oxygen atoms in total. The predicted octanol–water partition coefficient (Wildman–Crippen LogP) is 3.69. The minimum absolute atomic E-state index is 0.0156. The number of rotatable bonds is 11. The van der Waals surface area contributed by atoms with Gasteiger partial charge in [-0.05, 0) is 0 Å². The molecule has 1 atom stereocenters. The fourth-order valence-corrected chi connectivity index (χ4v) is 8.08. The fourth-order valence-electron chi connectivity index (χ4n) is 5.38. The van der Waals surface area contributed by atoms with Gasteiger partial charge >= 0.3 is 208 Å². The number of benzene rings is 2. The van der Waals surface area contributed by atoms with Crippen LogP contribution >= 0.6 is 11.6 Å². The van der Waals surface area contributed by atoms with Gasteiger partial charge in [-0.2, -0.15) is 10.2 Å². The van der Waals surface area contributed by atoms with Crippen LogP contribution in [0.1, 0.15) is 56.2 Å². The van der Waals surface area contributed by atoms with E-state index in [0.29, 0.717) is 19.1 Å². The van der Waals surface area contributed by atoms with E-state index in [0.717, 1.165) is 67.2 Å². The summed E-state index contributed by atoms with van der Waals surface area (Å²) in [6, 6.07) is 15.2. The first-order chi connectivity index (χ1) is 18.5. The Labute approximate surface area is 242 Å². The summed E-state index contributed by atoms with van der Waals surface area (Å²) in [5, 5.41) is 9.19. The molecule has 3 aliphatic rings. The van der Waals surface area contributed by atoms with Crippen molar-refractivity contribution in [2.75, 3.05) is 24.1 Å². The van der Waals surface area contributed by atoms with Crippen LogP contribution in [0.4, 0.5) is 0 Å². The summed E-state index contributed by atoms with van der Waals surface area (Å²) in [5.74, 6) is 3.63. The van der Waals surface area contributed by atoms with Crippen molar-refractivity contribution in [1.29, 1.82) is 0 Å². The maximum atomic E-state index is 6.45. The van der Waals surface area contributed by atoms with E-state index >= 15 is 0 Å². The molecule has 0 unspecified atom stereocenters. The van der Waals surface area contributed by atoms with E-state index in [-0.39, 0.29) is 26.9 Å². The van der Waals surface area contributed by atoms with Crippen LogP contribution in [-0.2, 0) is 12.8 Å². The van der Waals surface area contributed by atoms with Gasteiger partial charge in [0.2, 0.25) is 0 Å². The molecule has 38 heavy (non-hydrogen) atoms. The van der Waals surface area contributed by atoms with Crippen molar-refractivity contribution in [2.24, 2.45) is 15.2 Å². The molecule has 2 aromatic rings. The molecule has 0 amide bonds. The Balaban J connectivity index is 1.20. The number of aliphatic imine (C=N–C) groups is 1. The molecular weight excluding hydrogens is 607 g/mol. The van der Waals surface area contributed by atoms with Crippen molar-refractivity contribution in [3.05, 3.63) is 73.5 Å². The van der Waals surface area contributed by atoms with Crippen molar-refractivity contribution in [1.82, 2.24) is 4.90 Å². The van der Waals surface area contributed by atoms with Gasteiger partial charge in [0.05, 0.1) is 0 Å². The van der Waals surface area contributed by atoms with Crippen LogP contribution in [0.2, 0.25) is 5.02 Å². The van der Waals surface area contributed by atoms with Gasteiger partial charge in [0.15, 0.2) is 0 Å². The van der Waals surface area contributed by atoms with Crippen LogP contribution in [0.15, 0.2) is 67.0 Å². The number of fused-ring (bicyclic) bond motifs is 1. The third kappa shape index (κ3) is 6.50. The Morgan fingerprint density at radius 3 is 2.79 bits per heavy atom.